The number of hydrogen-bond donors (Lipinski definition) is 0. The fourth-order valence-electron chi connectivity index (χ4n) is 3.12. The molecule has 1 aliphatic carbocycles. The molecule has 1 aromatic heterocycles. The number of thioether (sulfide) groups is 1. The van der Waals surface area contributed by atoms with Crippen LogP contribution in [0.5, 0.6) is 5.75 Å². The highest BCUT2D eigenvalue weighted by molar-refractivity contribution is 7.99. The summed E-state index contributed by atoms with van der Waals surface area (Å²) in [6, 6.07) is 11.8. The highest BCUT2D eigenvalue weighted by Crippen LogP contribution is 2.27. The van der Waals surface area contributed by atoms with Crippen molar-refractivity contribution in [2.45, 2.75) is 31.1 Å². The number of nitrogens with zero attached hydrogens (tertiary/aromatic N) is 2. The molecule has 0 fully saturated rings. The van der Waals surface area contributed by atoms with Crippen LogP contribution in [-0.4, -0.2) is 28.3 Å². The van der Waals surface area contributed by atoms with Crippen LogP contribution in [0.25, 0.3) is 11.5 Å². The molecule has 0 radical (unpaired) electrons. The number of ketones is 1. The number of alkyl halides is 2. The lowest BCUT2D eigenvalue weighted by Crippen LogP contribution is -2.03. The van der Waals surface area contributed by atoms with E-state index in [1.165, 1.54) is 35.0 Å². The van der Waals surface area contributed by atoms with Gasteiger partial charge in [-0.15, -0.1) is 10.2 Å². The summed E-state index contributed by atoms with van der Waals surface area (Å²) in [6.07, 6.45) is 3.25. The summed E-state index contributed by atoms with van der Waals surface area (Å²) in [4.78, 5) is 12.4. The number of halogens is 2. The molecule has 1 heterocycles. The molecule has 0 aliphatic heterocycles. The smallest absolute Gasteiger partial charge is 0.387 e. The number of aryl methyl sites for hydroxylation is 2. The molecule has 5 nitrogen and oxygen atoms in total. The first-order valence-electron chi connectivity index (χ1n) is 8.75. The summed E-state index contributed by atoms with van der Waals surface area (Å²) < 4.78 is 34.2. The standard InChI is InChI=1S/C20H16F2N2O3S/c21-19(22)26-16-8-6-13(7-9-16)18-23-24-20(27-18)28-11-17(25)15-5-4-12-2-1-3-14(12)10-15/h4-10,19H,1-3,11H2. The quantitative estimate of drug-likeness (QED) is 0.418. The van der Waals surface area contributed by atoms with Crippen molar-refractivity contribution in [2.75, 3.05) is 5.75 Å². The predicted octanol–water partition coefficient (Wildman–Crippen LogP) is 4.80. The van der Waals surface area contributed by atoms with E-state index in [1.54, 1.807) is 12.1 Å². The van der Waals surface area contributed by atoms with Crippen molar-refractivity contribution >= 4 is 17.5 Å². The highest BCUT2D eigenvalue weighted by atomic mass is 32.2. The monoisotopic (exact) mass is 402 g/mol. The Balaban J connectivity index is 1.37. The minimum absolute atomic E-state index is 0.00736. The zero-order chi connectivity index (χ0) is 19.5. The minimum atomic E-state index is -2.87. The van der Waals surface area contributed by atoms with E-state index in [4.69, 9.17) is 4.42 Å². The van der Waals surface area contributed by atoms with Crippen LogP contribution in [0.2, 0.25) is 0 Å². The Morgan fingerprint density at radius 3 is 2.68 bits per heavy atom. The van der Waals surface area contributed by atoms with Crippen LogP contribution in [0.1, 0.15) is 27.9 Å². The molecule has 4 rings (SSSR count). The number of hydrogen-bond acceptors (Lipinski definition) is 6. The lowest BCUT2D eigenvalue weighted by Gasteiger charge is -2.04. The van der Waals surface area contributed by atoms with Gasteiger partial charge in [-0.05, 0) is 60.7 Å². The number of carbonyl (C=O) groups excluding carboxylic acids is 1. The van der Waals surface area contributed by atoms with E-state index in [1.807, 2.05) is 18.2 Å². The van der Waals surface area contributed by atoms with Gasteiger partial charge in [0.25, 0.3) is 5.22 Å². The van der Waals surface area contributed by atoms with Gasteiger partial charge in [0, 0.05) is 11.1 Å². The molecule has 2 aromatic carbocycles. The van der Waals surface area contributed by atoms with Gasteiger partial charge < -0.3 is 9.15 Å². The number of rotatable bonds is 7. The van der Waals surface area contributed by atoms with Gasteiger partial charge in [-0.1, -0.05) is 23.9 Å². The molecular weight excluding hydrogens is 386 g/mol. The third-order valence-electron chi connectivity index (χ3n) is 4.48. The molecule has 0 saturated heterocycles. The van der Waals surface area contributed by atoms with Gasteiger partial charge in [-0.25, -0.2) is 0 Å². The van der Waals surface area contributed by atoms with Crippen molar-refractivity contribution in [3.63, 3.8) is 0 Å². The van der Waals surface area contributed by atoms with Crippen LogP contribution < -0.4 is 4.74 Å². The Hall–Kier alpha value is -2.74. The fourth-order valence-corrected chi connectivity index (χ4v) is 3.78. The van der Waals surface area contributed by atoms with Gasteiger partial charge in [0.05, 0.1) is 5.75 Å². The fraction of sp³-hybridized carbons (Fsp3) is 0.250. The Morgan fingerprint density at radius 2 is 1.89 bits per heavy atom. The lowest BCUT2D eigenvalue weighted by molar-refractivity contribution is -0.0498. The molecule has 0 unspecified atom stereocenters. The first-order valence-corrected chi connectivity index (χ1v) is 9.73. The van der Waals surface area contributed by atoms with Crippen LogP contribution >= 0.6 is 11.8 Å². The predicted molar refractivity (Wildman–Crippen MR) is 99.9 cm³/mol. The second kappa shape index (κ2) is 8.10. The summed E-state index contributed by atoms with van der Waals surface area (Å²) >= 11 is 1.17. The summed E-state index contributed by atoms with van der Waals surface area (Å²) in [5, 5.41) is 8.14. The Bertz CT molecular complexity index is 989. The van der Waals surface area contributed by atoms with Crippen molar-refractivity contribution in [3.8, 4) is 17.2 Å². The highest BCUT2D eigenvalue weighted by Gasteiger charge is 2.16. The van der Waals surface area contributed by atoms with Gasteiger partial charge >= 0.3 is 6.61 Å². The Morgan fingerprint density at radius 1 is 1.11 bits per heavy atom. The number of ether oxygens (including phenoxy) is 1. The summed E-state index contributed by atoms with van der Waals surface area (Å²) in [5.74, 6) is 0.499. The maximum atomic E-state index is 12.4. The van der Waals surface area contributed by atoms with E-state index < -0.39 is 6.61 Å². The lowest BCUT2D eigenvalue weighted by atomic mass is 10.0. The van der Waals surface area contributed by atoms with Gasteiger partial charge in [0.1, 0.15) is 5.75 Å². The number of carbonyl (C=O) groups is 1. The average Bonchev–Trinajstić information content (AvgIpc) is 3.35. The van der Waals surface area contributed by atoms with E-state index in [9.17, 15) is 13.6 Å². The molecule has 0 amide bonds. The van der Waals surface area contributed by atoms with Gasteiger partial charge in [-0.3, -0.25) is 4.79 Å². The molecule has 0 saturated carbocycles. The first-order chi connectivity index (χ1) is 13.6. The van der Waals surface area contributed by atoms with Crippen molar-refractivity contribution in [1.29, 1.82) is 0 Å². The first kappa shape index (κ1) is 18.6. The number of benzene rings is 2. The van der Waals surface area contributed by atoms with E-state index in [2.05, 4.69) is 14.9 Å². The van der Waals surface area contributed by atoms with Crippen LogP contribution in [-0.2, 0) is 12.8 Å². The van der Waals surface area contributed by atoms with E-state index >= 15 is 0 Å². The minimum Gasteiger partial charge on any atom is -0.435 e. The van der Waals surface area contributed by atoms with Crippen LogP contribution in [0.3, 0.4) is 0 Å². The van der Waals surface area contributed by atoms with Crippen molar-refractivity contribution in [3.05, 3.63) is 59.2 Å². The van der Waals surface area contributed by atoms with Crippen molar-refractivity contribution < 1.29 is 22.7 Å². The summed E-state index contributed by atoms with van der Waals surface area (Å²) in [7, 11) is 0. The van der Waals surface area contributed by atoms with Crippen LogP contribution in [0.4, 0.5) is 8.78 Å². The van der Waals surface area contributed by atoms with E-state index in [0.717, 1.165) is 19.3 Å². The third kappa shape index (κ3) is 4.22. The molecule has 8 heteroatoms. The zero-order valence-electron chi connectivity index (χ0n) is 14.7. The number of aromatic nitrogens is 2. The second-order valence-electron chi connectivity index (χ2n) is 6.32. The topological polar surface area (TPSA) is 65.2 Å². The average molecular weight is 402 g/mol. The molecule has 3 aromatic rings. The Labute approximate surface area is 164 Å². The largest absolute Gasteiger partial charge is 0.435 e. The summed E-state index contributed by atoms with van der Waals surface area (Å²) in [6.45, 7) is -2.87. The molecule has 28 heavy (non-hydrogen) atoms. The van der Waals surface area contributed by atoms with E-state index in [-0.39, 0.29) is 28.4 Å². The van der Waals surface area contributed by atoms with Crippen molar-refractivity contribution in [1.82, 2.24) is 10.2 Å². The maximum absolute atomic E-state index is 12.4. The third-order valence-corrected chi connectivity index (χ3v) is 5.30. The number of fused-ring (bicyclic) bond motifs is 1. The van der Waals surface area contributed by atoms with Gasteiger partial charge in [-0.2, -0.15) is 8.78 Å². The van der Waals surface area contributed by atoms with Gasteiger partial charge in [0.2, 0.25) is 5.89 Å². The van der Waals surface area contributed by atoms with Crippen molar-refractivity contribution in [2.24, 2.45) is 0 Å². The molecule has 0 bridgehead atoms. The molecular formula is C20H16F2N2O3S. The normalized spacial score (nSPS) is 13.0. The number of Topliss-reactive ketones (excluding diaryl/α,β-unsaturated/α-hetero) is 1. The van der Waals surface area contributed by atoms with Crippen LogP contribution in [0, 0.1) is 0 Å². The molecule has 0 spiro atoms. The van der Waals surface area contributed by atoms with Gasteiger partial charge in [0.15, 0.2) is 5.78 Å². The zero-order valence-corrected chi connectivity index (χ0v) is 15.5. The Kier molecular flexibility index (Phi) is 5.38. The molecule has 1 aliphatic rings. The molecule has 144 valence electrons. The van der Waals surface area contributed by atoms with Crippen LogP contribution in [0.15, 0.2) is 52.1 Å². The molecule has 0 N–H and O–H groups in total. The van der Waals surface area contributed by atoms with E-state index in [0.29, 0.717) is 11.1 Å². The SMILES string of the molecule is O=C(CSc1nnc(-c2ccc(OC(F)F)cc2)o1)c1ccc2c(c1)CCC2. The summed E-state index contributed by atoms with van der Waals surface area (Å²) in [5.41, 5.74) is 3.86. The maximum Gasteiger partial charge on any atom is 0.387 e. The molecule has 0 atom stereocenters. The second-order valence-corrected chi connectivity index (χ2v) is 7.25.